The summed E-state index contributed by atoms with van der Waals surface area (Å²) in [5.74, 6) is -0.119. The lowest BCUT2D eigenvalue weighted by molar-refractivity contribution is -0.114. The summed E-state index contributed by atoms with van der Waals surface area (Å²) in [6.07, 6.45) is 1.92. The summed E-state index contributed by atoms with van der Waals surface area (Å²) in [6.45, 7) is 10.1. The second kappa shape index (κ2) is 7.83. The molecule has 3 aromatic rings. The summed E-state index contributed by atoms with van der Waals surface area (Å²) in [4.78, 5) is 13.1. The van der Waals surface area contributed by atoms with Crippen molar-refractivity contribution in [2.24, 2.45) is 5.10 Å². The smallest absolute Gasteiger partial charge is 0.267 e. The maximum Gasteiger partial charge on any atom is 0.280 e. The van der Waals surface area contributed by atoms with Crippen LogP contribution in [0.2, 0.25) is 0 Å². The molecule has 0 spiro atoms. The number of amides is 1. The number of hydrazone groups is 1. The summed E-state index contributed by atoms with van der Waals surface area (Å²) >= 11 is 2.25. The topological polar surface area (TPSA) is 50.5 Å². The molecule has 0 fully saturated rings. The van der Waals surface area contributed by atoms with E-state index in [9.17, 15) is 4.79 Å². The van der Waals surface area contributed by atoms with Gasteiger partial charge in [-0.25, -0.2) is 4.68 Å². The van der Waals surface area contributed by atoms with Crippen LogP contribution in [0.1, 0.15) is 35.0 Å². The van der Waals surface area contributed by atoms with Crippen LogP contribution in [0.15, 0.2) is 53.1 Å². The Balaban J connectivity index is 1.72. The van der Waals surface area contributed by atoms with Gasteiger partial charge in [0, 0.05) is 14.8 Å². The van der Waals surface area contributed by atoms with E-state index in [1.165, 1.54) is 16.1 Å². The zero-order chi connectivity index (χ0) is 21.6. The van der Waals surface area contributed by atoms with Crippen molar-refractivity contribution in [1.29, 1.82) is 0 Å². The molecule has 0 atom stereocenters. The molecule has 0 aliphatic carbocycles. The molecule has 1 aliphatic rings. The average Bonchev–Trinajstić information content (AvgIpc) is 3.15. The molecule has 1 aliphatic heterocycles. The van der Waals surface area contributed by atoms with Gasteiger partial charge in [-0.05, 0) is 111 Å². The molecule has 1 aromatic heterocycles. The van der Waals surface area contributed by atoms with Crippen molar-refractivity contribution in [2.45, 2.75) is 34.6 Å². The van der Waals surface area contributed by atoms with E-state index in [2.05, 4.69) is 59.7 Å². The fraction of sp³-hybridized carbons (Fsp3) is 0.208. The molecule has 0 bridgehead atoms. The molecule has 0 saturated carbocycles. The molecule has 152 valence electrons. The van der Waals surface area contributed by atoms with Crippen LogP contribution in [0.5, 0.6) is 0 Å². The quantitative estimate of drug-likeness (QED) is 0.345. The van der Waals surface area contributed by atoms with E-state index in [0.29, 0.717) is 11.3 Å². The molecule has 0 saturated heterocycles. The van der Waals surface area contributed by atoms with Crippen molar-refractivity contribution in [3.63, 3.8) is 0 Å². The van der Waals surface area contributed by atoms with E-state index in [1.54, 1.807) is 0 Å². The average molecular weight is 510 g/mol. The molecule has 0 unspecified atom stereocenters. The number of rotatable bonds is 3. The zero-order valence-electron chi connectivity index (χ0n) is 17.7. The molecule has 0 radical (unpaired) electrons. The lowest BCUT2D eigenvalue weighted by Gasteiger charge is -2.11. The monoisotopic (exact) mass is 510 g/mol. The molecular weight excluding hydrogens is 487 g/mol. The Hall–Kier alpha value is -2.74. The summed E-state index contributed by atoms with van der Waals surface area (Å²) in [5, 5.41) is 10.7. The molecule has 1 amide bonds. The standard InChI is InChI=1S/C24H23IN4O/c1-14-6-9-21(12-15(14)2)28-18(5)22(16(3)26-28)13-23-17(4)27-29(24(23)30)20-10-7-19(25)8-11-20/h6-13H,1-5H3/b23-13-. The number of anilines is 1. The molecule has 4 rings (SSSR count). The lowest BCUT2D eigenvalue weighted by Crippen LogP contribution is -2.21. The Kier molecular flexibility index (Phi) is 5.36. The summed E-state index contributed by atoms with van der Waals surface area (Å²) in [5.41, 5.74) is 8.40. The first kappa shape index (κ1) is 20.5. The third-order valence-electron chi connectivity index (χ3n) is 5.50. The van der Waals surface area contributed by atoms with Crippen LogP contribution in [-0.2, 0) is 4.79 Å². The first-order valence-electron chi connectivity index (χ1n) is 9.77. The normalized spacial score (nSPS) is 15.3. The minimum Gasteiger partial charge on any atom is -0.267 e. The van der Waals surface area contributed by atoms with Crippen molar-refractivity contribution in [2.75, 3.05) is 5.01 Å². The predicted molar refractivity (Wildman–Crippen MR) is 130 cm³/mol. The van der Waals surface area contributed by atoms with Gasteiger partial charge in [-0.15, -0.1) is 0 Å². The Morgan fingerprint density at radius 1 is 0.900 bits per heavy atom. The Morgan fingerprint density at radius 2 is 1.57 bits per heavy atom. The number of hydrogen-bond acceptors (Lipinski definition) is 3. The molecule has 2 heterocycles. The number of carbonyl (C=O) groups excluding carboxylic acids is 1. The summed E-state index contributed by atoms with van der Waals surface area (Å²) < 4.78 is 3.06. The van der Waals surface area contributed by atoms with Crippen LogP contribution >= 0.6 is 22.6 Å². The third kappa shape index (κ3) is 3.60. The maximum absolute atomic E-state index is 13.1. The Bertz CT molecular complexity index is 1220. The molecule has 0 N–H and O–H groups in total. The zero-order valence-corrected chi connectivity index (χ0v) is 19.9. The Morgan fingerprint density at radius 3 is 2.23 bits per heavy atom. The number of halogens is 1. The fourth-order valence-corrected chi connectivity index (χ4v) is 3.92. The highest BCUT2D eigenvalue weighted by molar-refractivity contribution is 14.1. The fourth-order valence-electron chi connectivity index (χ4n) is 3.56. The molecule has 6 heteroatoms. The van der Waals surface area contributed by atoms with Crippen LogP contribution in [-0.4, -0.2) is 21.4 Å². The summed E-state index contributed by atoms with van der Waals surface area (Å²) in [7, 11) is 0. The molecule has 2 aromatic carbocycles. The minimum absolute atomic E-state index is 0.119. The number of aromatic nitrogens is 2. The lowest BCUT2D eigenvalue weighted by atomic mass is 10.1. The van der Waals surface area contributed by atoms with E-state index in [0.717, 1.165) is 31.9 Å². The molecular formula is C24H23IN4O. The van der Waals surface area contributed by atoms with Gasteiger partial charge in [0.15, 0.2) is 0 Å². The van der Waals surface area contributed by atoms with Crippen molar-refractivity contribution in [1.82, 2.24) is 9.78 Å². The van der Waals surface area contributed by atoms with Gasteiger partial charge in [0.25, 0.3) is 5.91 Å². The van der Waals surface area contributed by atoms with Gasteiger partial charge >= 0.3 is 0 Å². The van der Waals surface area contributed by atoms with E-state index >= 15 is 0 Å². The highest BCUT2D eigenvalue weighted by Crippen LogP contribution is 2.28. The van der Waals surface area contributed by atoms with Crippen molar-refractivity contribution in [3.05, 3.63) is 79.7 Å². The van der Waals surface area contributed by atoms with E-state index < -0.39 is 0 Å². The molecule has 30 heavy (non-hydrogen) atoms. The van der Waals surface area contributed by atoms with Crippen LogP contribution in [0.25, 0.3) is 11.8 Å². The van der Waals surface area contributed by atoms with E-state index in [-0.39, 0.29) is 5.91 Å². The second-order valence-corrected chi connectivity index (χ2v) is 8.85. The number of carbonyl (C=O) groups is 1. The van der Waals surface area contributed by atoms with Gasteiger partial charge in [0.05, 0.1) is 28.4 Å². The van der Waals surface area contributed by atoms with Crippen LogP contribution in [0.4, 0.5) is 5.69 Å². The first-order chi connectivity index (χ1) is 14.3. The highest BCUT2D eigenvalue weighted by atomic mass is 127. The van der Waals surface area contributed by atoms with Crippen LogP contribution < -0.4 is 5.01 Å². The van der Waals surface area contributed by atoms with Crippen LogP contribution in [0, 0.1) is 31.3 Å². The SMILES string of the molecule is CC1=NN(c2ccc(I)cc2)C(=O)/C1=C\c1c(C)nn(-c2ccc(C)c(C)c2)c1C. The van der Waals surface area contributed by atoms with E-state index in [1.807, 2.05) is 55.8 Å². The predicted octanol–water partition coefficient (Wildman–Crippen LogP) is 5.52. The number of aryl methyl sites for hydroxylation is 3. The van der Waals surface area contributed by atoms with E-state index in [4.69, 9.17) is 5.10 Å². The Labute approximate surface area is 190 Å². The summed E-state index contributed by atoms with van der Waals surface area (Å²) in [6, 6.07) is 14.1. The van der Waals surface area contributed by atoms with Gasteiger partial charge in [-0.1, -0.05) is 6.07 Å². The van der Waals surface area contributed by atoms with Gasteiger partial charge in [0.2, 0.25) is 0 Å². The van der Waals surface area contributed by atoms with Crippen LogP contribution in [0.3, 0.4) is 0 Å². The highest BCUT2D eigenvalue weighted by Gasteiger charge is 2.29. The van der Waals surface area contributed by atoms with Gasteiger partial charge < -0.3 is 0 Å². The largest absolute Gasteiger partial charge is 0.280 e. The number of hydrogen-bond donors (Lipinski definition) is 0. The van der Waals surface area contributed by atoms with Gasteiger partial charge in [0.1, 0.15) is 0 Å². The second-order valence-electron chi connectivity index (χ2n) is 7.60. The maximum atomic E-state index is 13.1. The number of benzene rings is 2. The minimum atomic E-state index is -0.119. The van der Waals surface area contributed by atoms with Crippen molar-refractivity contribution >= 4 is 46.0 Å². The van der Waals surface area contributed by atoms with Gasteiger partial charge in [-0.3, -0.25) is 4.79 Å². The first-order valence-corrected chi connectivity index (χ1v) is 10.9. The molecule has 5 nitrogen and oxygen atoms in total. The van der Waals surface area contributed by atoms with Crippen molar-refractivity contribution in [3.8, 4) is 5.69 Å². The third-order valence-corrected chi connectivity index (χ3v) is 6.22. The number of nitrogens with zero attached hydrogens (tertiary/aromatic N) is 4. The van der Waals surface area contributed by atoms with Crippen molar-refractivity contribution < 1.29 is 4.79 Å². The van der Waals surface area contributed by atoms with Gasteiger partial charge in [-0.2, -0.15) is 15.2 Å².